The van der Waals surface area contributed by atoms with Gasteiger partial charge in [-0.2, -0.15) is 0 Å². The van der Waals surface area contributed by atoms with Crippen LogP contribution in [0.3, 0.4) is 0 Å². The van der Waals surface area contributed by atoms with E-state index >= 15 is 0 Å². The van der Waals surface area contributed by atoms with E-state index in [9.17, 15) is 9.59 Å². The van der Waals surface area contributed by atoms with Crippen molar-refractivity contribution in [3.8, 4) is 5.75 Å². The second-order valence-corrected chi connectivity index (χ2v) is 8.09. The molecule has 1 aliphatic rings. The number of carbonyl (C=O) groups is 2. The van der Waals surface area contributed by atoms with Crippen LogP contribution in [0.2, 0.25) is 0 Å². The number of hydrogen-bond acceptors (Lipinski definition) is 5. The molecule has 1 saturated heterocycles. The van der Waals surface area contributed by atoms with Crippen molar-refractivity contribution >= 4 is 23.2 Å². The highest BCUT2D eigenvalue weighted by molar-refractivity contribution is 7.14. The summed E-state index contributed by atoms with van der Waals surface area (Å²) < 4.78 is 5.37. The molecule has 0 spiro atoms. The molecule has 0 radical (unpaired) electrons. The highest BCUT2D eigenvalue weighted by Crippen LogP contribution is 2.27. The standard InChI is InChI=1S/C21H27N3O3S/c1-15(25)22-13-18-8-9-20(28-18)21(26)23-14-19(24-10-3-4-11-24)16-6-5-7-17(12-16)27-2/h5-9,12,19H,3-4,10-11,13-14H2,1-2H3,(H,22,25)(H,23,26). The largest absolute Gasteiger partial charge is 0.497 e. The molecule has 1 aromatic heterocycles. The summed E-state index contributed by atoms with van der Waals surface area (Å²) in [5, 5.41) is 5.85. The Hall–Kier alpha value is -2.38. The van der Waals surface area contributed by atoms with Crippen LogP contribution in [0.1, 0.15) is 45.9 Å². The minimum absolute atomic E-state index is 0.0776. The van der Waals surface area contributed by atoms with E-state index in [2.05, 4.69) is 21.6 Å². The number of carbonyl (C=O) groups excluding carboxylic acids is 2. The fourth-order valence-corrected chi connectivity index (χ4v) is 4.31. The Labute approximate surface area is 169 Å². The molecule has 1 aliphatic heterocycles. The molecule has 3 rings (SSSR count). The number of nitrogens with one attached hydrogen (secondary N) is 2. The molecular formula is C21H27N3O3S. The van der Waals surface area contributed by atoms with Gasteiger partial charge >= 0.3 is 0 Å². The Kier molecular flexibility index (Phi) is 7.06. The monoisotopic (exact) mass is 401 g/mol. The van der Waals surface area contributed by atoms with Crippen molar-refractivity contribution in [3.63, 3.8) is 0 Å². The molecule has 0 saturated carbocycles. The zero-order chi connectivity index (χ0) is 19.9. The maximum atomic E-state index is 12.6. The van der Waals surface area contributed by atoms with Crippen LogP contribution in [0.4, 0.5) is 0 Å². The summed E-state index contributed by atoms with van der Waals surface area (Å²) in [7, 11) is 1.67. The van der Waals surface area contributed by atoms with Crippen molar-refractivity contribution in [1.29, 1.82) is 0 Å². The molecule has 2 heterocycles. The quantitative estimate of drug-likeness (QED) is 0.713. The Morgan fingerprint density at radius 3 is 2.68 bits per heavy atom. The van der Waals surface area contributed by atoms with E-state index in [0.717, 1.165) is 29.3 Å². The molecule has 0 bridgehead atoms. The van der Waals surface area contributed by atoms with Crippen molar-refractivity contribution in [2.75, 3.05) is 26.7 Å². The third-order valence-electron chi connectivity index (χ3n) is 4.91. The van der Waals surface area contributed by atoms with Gasteiger partial charge in [0.2, 0.25) is 5.91 Å². The van der Waals surface area contributed by atoms with Crippen LogP contribution in [-0.4, -0.2) is 43.5 Å². The molecule has 2 N–H and O–H groups in total. The van der Waals surface area contributed by atoms with E-state index in [1.165, 1.54) is 31.1 Å². The molecule has 6 nitrogen and oxygen atoms in total. The number of likely N-dealkylation sites (tertiary alicyclic amines) is 1. The number of ether oxygens (including phenoxy) is 1. The summed E-state index contributed by atoms with van der Waals surface area (Å²) in [4.78, 5) is 27.7. The Morgan fingerprint density at radius 1 is 1.18 bits per heavy atom. The van der Waals surface area contributed by atoms with Crippen molar-refractivity contribution in [2.45, 2.75) is 32.4 Å². The lowest BCUT2D eigenvalue weighted by molar-refractivity contribution is -0.119. The summed E-state index contributed by atoms with van der Waals surface area (Å²) in [5.41, 5.74) is 1.15. The van der Waals surface area contributed by atoms with Gasteiger partial charge in [0, 0.05) is 18.3 Å². The van der Waals surface area contributed by atoms with E-state index in [1.807, 2.05) is 30.3 Å². The van der Waals surface area contributed by atoms with Gasteiger partial charge in [-0.15, -0.1) is 11.3 Å². The van der Waals surface area contributed by atoms with E-state index in [4.69, 9.17) is 4.74 Å². The maximum Gasteiger partial charge on any atom is 0.261 e. The highest BCUT2D eigenvalue weighted by atomic mass is 32.1. The van der Waals surface area contributed by atoms with Crippen LogP contribution in [0.5, 0.6) is 5.75 Å². The minimum atomic E-state index is -0.0776. The van der Waals surface area contributed by atoms with Gasteiger partial charge in [0.1, 0.15) is 5.75 Å². The highest BCUT2D eigenvalue weighted by Gasteiger charge is 2.24. The van der Waals surface area contributed by atoms with Crippen molar-refractivity contribution in [2.24, 2.45) is 0 Å². The predicted octanol–water partition coefficient (Wildman–Crippen LogP) is 2.96. The third-order valence-corrected chi connectivity index (χ3v) is 6.00. The SMILES string of the molecule is COc1cccc(C(CNC(=O)c2ccc(CNC(C)=O)s2)N2CCCC2)c1. The normalized spacial score (nSPS) is 15.2. The number of benzene rings is 1. The zero-order valence-electron chi connectivity index (χ0n) is 16.4. The van der Waals surface area contributed by atoms with E-state index < -0.39 is 0 Å². The molecule has 1 unspecified atom stereocenters. The molecule has 1 fully saturated rings. The molecule has 1 atom stereocenters. The lowest BCUT2D eigenvalue weighted by Gasteiger charge is -2.28. The number of rotatable bonds is 8. The summed E-state index contributed by atoms with van der Waals surface area (Å²) in [6.07, 6.45) is 2.37. The van der Waals surface area contributed by atoms with Crippen LogP contribution in [0, 0.1) is 0 Å². The average Bonchev–Trinajstić information content (AvgIpc) is 3.39. The lowest BCUT2D eigenvalue weighted by atomic mass is 10.0. The fourth-order valence-electron chi connectivity index (χ4n) is 3.44. The van der Waals surface area contributed by atoms with Crippen LogP contribution in [-0.2, 0) is 11.3 Å². The molecule has 7 heteroatoms. The van der Waals surface area contributed by atoms with Crippen molar-refractivity contribution < 1.29 is 14.3 Å². The number of thiophene rings is 1. The second-order valence-electron chi connectivity index (χ2n) is 6.92. The van der Waals surface area contributed by atoms with Gasteiger partial charge in [-0.1, -0.05) is 12.1 Å². The summed E-state index contributed by atoms with van der Waals surface area (Å²) in [5.74, 6) is 0.672. The molecule has 0 aliphatic carbocycles. The molecular weight excluding hydrogens is 374 g/mol. The van der Waals surface area contributed by atoms with Gasteiger partial charge in [0.05, 0.1) is 24.6 Å². The molecule has 150 valence electrons. The van der Waals surface area contributed by atoms with Crippen LogP contribution < -0.4 is 15.4 Å². The van der Waals surface area contributed by atoms with Crippen LogP contribution >= 0.6 is 11.3 Å². The van der Waals surface area contributed by atoms with Crippen molar-refractivity contribution in [3.05, 3.63) is 51.7 Å². The van der Waals surface area contributed by atoms with E-state index in [0.29, 0.717) is 18.0 Å². The number of hydrogen-bond donors (Lipinski definition) is 2. The smallest absolute Gasteiger partial charge is 0.261 e. The van der Waals surface area contributed by atoms with Gasteiger partial charge < -0.3 is 15.4 Å². The number of methoxy groups -OCH3 is 1. The first kappa shape index (κ1) is 20.4. The predicted molar refractivity (Wildman–Crippen MR) is 111 cm³/mol. The minimum Gasteiger partial charge on any atom is -0.497 e. The number of nitrogens with zero attached hydrogens (tertiary/aromatic N) is 1. The topological polar surface area (TPSA) is 70.7 Å². The first-order valence-electron chi connectivity index (χ1n) is 9.56. The lowest BCUT2D eigenvalue weighted by Crippen LogP contribution is -2.36. The Morgan fingerprint density at radius 2 is 1.96 bits per heavy atom. The molecule has 2 amide bonds. The third kappa shape index (κ3) is 5.33. The summed E-state index contributed by atoms with van der Waals surface area (Å²) >= 11 is 1.41. The maximum absolute atomic E-state index is 12.6. The van der Waals surface area contributed by atoms with Gasteiger partial charge in [0.25, 0.3) is 5.91 Å². The van der Waals surface area contributed by atoms with Gasteiger partial charge in [-0.25, -0.2) is 0 Å². The summed E-state index contributed by atoms with van der Waals surface area (Å²) in [6.45, 7) is 4.56. The number of amides is 2. The van der Waals surface area contributed by atoms with E-state index in [-0.39, 0.29) is 17.9 Å². The van der Waals surface area contributed by atoms with Crippen molar-refractivity contribution in [1.82, 2.24) is 15.5 Å². The zero-order valence-corrected chi connectivity index (χ0v) is 17.2. The first-order valence-corrected chi connectivity index (χ1v) is 10.4. The molecule has 28 heavy (non-hydrogen) atoms. The first-order chi connectivity index (χ1) is 13.6. The molecule has 2 aromatic rings. The van der Waals surface area contributed by atoms with Gasteiger partial charge in [-0.3, -0.25) is 14.5 Å². The fraction of sp³-hybridized carbons (Fsp3) is 0.429. The second kappa shape index (κ2) is 9.71. The van der Waals surface area contributed by atoms with Gasteiger partial charge in [-0.05, 0) is 55.8 Å². The van der Waals surface area contributed by atoms with Gasteiger partial charge in [0.15, 0.2) is 0 Å². The van der Waals surface area contributed by atoms with Crippen LogP contribution in [0.15, 0.2) is 36.4 Å². The Bertz CT molecular complexity index is 815. The van der Waals surface area contributed by atoms with E-state index in [1.54, 1.807) is 7.11 Å². The van der Waals surface area contributed by atoms with Crippen LogP contribution in [0.25, 0.3) is 0 Å². The average molecular weight is 402 g/mol. The molecule has 1 aromatic carbocycles. The Balaban J connectivity index is 1.66. The summed E-state index contributed by atoms with van der Waals surface area (Å²) in [6, 6.07) is 11.9.